The van der Waals surface area contributed by atoms with E-state index in [0.29, 0.717) is 16.5 Å². The lowest BCUT2D eigenvalue weighted by molar-refractivity contribution is 0.0994. The number of hydrogen-bond acceptors (Lipinski definition) is 5. The van der Waals surface area contributed by atoms with Gasteiger partial charge in [-0.3, -0.25) is 4.79 Å². The van der Waals surface area contributed by atoms with Crippen LogP contribution in [0, 0.1) is 13.8 Å². The first-order valence-electron chi connectivity index (χ1n) is 7.01. The standard InChI is InChI=1S/C16H16N4OS/c1-10-9-11(2)20-15(17-10)18-16(19-20)22-12(3)14(21)13-7-5-4-6-8-13/h4-9,12H,1-3H3. The molecule has 3 rings (SSSR count). The third-order valence-electron chi connectivity index (χ3n) is 3.31. The first kappa shape index (κ1) is 14.7. The van der Waals surface area contributed by atoms with E-state index in [0.717, 1.165) is 11.4 Å². The Morgan fingerprint density at radius 1 is 1.18 bits per heavy atom. The minimum Gasteiger partial charge on any atom is -0.293 e. The number of carbonyl (C=O) groups is 1. The number of ketones is 1. The summed E-state index contributed by atoms with van der Waals surface area (Å²) in [6, 6.07) is 11.2. The zero-order valence-corrected chi connectivity index (χ0v) is 13.5. The van der Waals surface area contributed by atoms with E-state index in [1.807, 2.05) is 57.2 Å². The Morgan fingerprint density at radius 2 is 1.91 bits per heavy atom. The molecule has 0 fully saturated rings. The second-order valence-corrected chi connectivity index (χ2v) is 6.44. The van der Waals surface area contributed by atoms with E-state index >= 15 is 0 Å². The molecular weight excluding hydrogens is 296 g/mol. The lowest BCUT2D eigenvalue weighted by Crippen LogP contribution is -2.13. The van der Waals surface area contributed by atoms with E-state index in [9.17, 15) is 4.79 Å². The molecule has 0 N–H and O–H groups in total. The Bertz CT molecular complexity index is 829. The highest BCUT2D eigenvalue weighted by Crippen LogP contribution is 2.23. The molecule has 22 heavy (non-hydrogen) atoms. The molecule has 112 valence electrons. The molecule has 0 aliphatic rings. The van der Waals surface area contributed by atoms with E-state index in [4.69, 9.17) is 0 Å². The summed E-state index contributed by atoms with van der Waals surface area (Å²) < 4.78 is 1.70. The summed E-state index contributed by atoms with van der Waals surface area (Å²) in [5.41, 5.74) is 2.59. The summed E-state index contributed by atoms with van der Waals surface area (Å²) in [4.78, 5) is 21.1. The minimum atomic E-state index is -0.249. The number of Topliss-reactive ketones (excluding diaryl/α,β-unsaturated/α-hetero) is 1. The molecule has 0 radical (unpaired) electrons. The Hall–Kier alpha value is -2.21. The van der Waals surface area contributed by atoms with Crippen molar-refractivity contribution in [1.29, 1.82) is 0 Å². The normalized spacial score (nSPS) is 12.5. The third kappa shape index (κ3) is 2.87. The average molecular weight is 312 g/mol. The van der Waals surface area contributed by atoms with E-state index in [2.05, 4.69) is 15.1 Å². The lowest BCUT2D eigenvalue weighted by atomic mass is 10.1. The number of rotatable bonds is 4. The van der Waals surface area contributed by atoms with E-state index in [1.54, 1.807) is 4.52 Å². The quantitative estimate of drug-likeness (QED) is 0.547. The van der Waals surface area contributed by atoms with Gasteiger partial charge in [0.15, 0.2) is 5.78 Å². The second kappa shape index (κ2) is 5.88. The van der Waals surface area contributed by atoms with Crippen LogP contribution in [0.5, 0.6) is 0 Å². The molecular formula is C16H16N4OS. The maximum Gasteiger partial charge on any atom is 0.253 e. The molecule has 5 nitrogen and oxygen atoms in total. The first-order chi connectivity index (χ1) is 10.5. The lowest BCUT2D eigenvalue weighted by Gasteiger charge is -2.07. The molecule has 0 spiro atoms. The van der Waals surface area contributed by atoms with Gasteiger partial charge in [0.25, 0.3) is 5.78 Å². The average Bonchev–Trinajstić information content (AvgIpc) is 2.90. The summed E-state index contributed by atoms with van der Waals surface area (Å²) in [6.45, 7) is 5.76. The molecule has 0 saturated carbocycles. The number of fused-ring (bicyclic) bond motifs is 1. The number of thioether (sulfide) groups is 1. The van der Waals surface area contributed by atoms with Gasteiger partial charge in [0.05, 0.1) is 5.25 Å². The smallest absolute Gasteiger partial charge is 0.253 e. The van der Waals surface area contributed by atoms with Gasteiger partial charge in [0.2, 0.25) is 5.16 Å². The highest BCUT2D eigenvalue weighted by atomic mass is 32.2. The molecule has 1 aromatic carbocycles. The van der Waals surface area contributed by atoms with Crippen LogP contribution in [0.1, 0.15) is 28.7 Å². The van der Waals surface area contributed by atoms with Crippen molar-refractivity contribution in [3.05, 3.63) is 53.3 Å². The van der Waals surface area contributed by atoms with Crippen molar-refractivity contribution in [3.8, 4) is 0 Å². The summed E-state index contributed by atoms with van der Waals surface area (Å²) in [6.07, 6.45) is 0. The number of carbonyl (C=O) groups excluding carboxylic acids is 1. The second-order valence-electron chi connectivity index (χ2n) is 5.14. The van der Waals surface area contributed by atoms with Crippen LogP contribution >= 0.6 is 11.8 Å². The molecule has 0 amide bonds. The van der Waals surface area contributed by atoms with Gasteiger partial charge >= 0.3 is 0 Å². The van der Waals surface area contributed by atoms with Gasteiger partial charge < -0.3 is 0 Å². The van der Waals surface area contributed by atoms with Crippen LogP contribution in [-0.4, -0.2) is 30.6 Å². The van der Waals surface area contributed by atoms with Crippen molar-refractivity contribution in [2.24, 2.45) is 0 Å². The number of benzene rings is 1. The first-order valence-corrected chi connectivity index (χ1v) is 7.89. The van der Waals surface area contributed by atoms with Crippen molar-refractivity contribution >= 4 is 23.3 Å². The van der Waals surface area contributed by atoms with Crippen LogP contribution in [0.2, 0.25) is 0 Å². The molecule has 2 heterocycles. The Kier molecular flexibility index (Phi) is 3.94. The molecule has 1 unspecified atom stereocenters. The fourth-order valence-electron chi connectivity index (χ4n) is 2.25. The van der Waals surface area contributed by atoms with E-state index in [-0.39, 0.29) is 11.0 Å². The van der Waals surface area contributed by atoms with Crippen LogP contribution in [0.3, 0.4) is 0 Å². The van der Waals surface area contributed by atoms with Crippen molar-refractivity contribution in [1.82, 2.24) is 19.6 Å². The highest BCUT2D eigenvalue weighted by Gasteiger charge is 2.19. The van der Waals surface area contributed by atoms with Gasteiger partial charge in [0.1, 0.15) is 0 Å². The van der Waals surface area contributed by atoms with Crippen LogP contribution in [-0.2, 0) is 0 Å². The number of aromatic nitrogens is 4. The molecule has 6 heteroatoms. The Labute approximate surface area is 132 Å². The predicted molar refractivity (Wildman–Crippen MR) is 86.3 cm³/mol. The zero-order valence-electron chi connectivity index (χ0n) is 12.6. The summed E-state index contributed by atoms with van der Waals surface area (Å²) >= 11 is 1.35. The maximum absolute atomic E-state index is 12.4. The summed E-state index contributed by atoms with van der Waals surface area (Å²) in [7, 11) is 0. The molecule has 3 aromatic rings. The van der Waals surface area contributed by atoms with Gasteiger partial charge in [-0.25, -0.2) is 9.50 Å². The van der Waals surface area contributed by atoms with Crippen molar-refractivity contribution in [2.75, 3.05) is 0 Å². The van der Waals surface area contributed by atoms with E-state index < -0.39 is 0 Å². The largest absolute Gasteiger partial charge is 0.293 e. The fourth-order valence-corrected chi connectivity index (χ4v) is 3.07. The Morgan fingerprint density at radius 3 is 2.64 bits per heavy atom. The van der Waals surface area contributed by atoms with Gasteiger partial charge in [-0.1, -0.05) is 42.1 Å². The molecule has 2 aromatic heterocycles. The van der Waals surface area contributed by atoms with Crippen LogP contribution in [0.25, 0.3) is 5.78 Å². The SMILES string of the molecule is Cc1cc(C)n2nc(SC(C)C(=O)c3ccccc3)nc2n1. The van der Waals surface area contributed by atoms with Crippen LogP contribution in [0.4, 0.5) is 0 Å². The maximum atomic E-state index is 12.4. The third-order valence-corrected chi connectivity index (χ3v) is 4.26. The van der Waals surface area contributed by atoms with Gasteiger partial charge in [-0.15, -0.1) is 5.10 Å². The molecule has 0 aliphatic carbocycles. The topological polar surface area (TPSA) is 60.2 Å². The number of aryl methyl sites for hydroxylation is 2. The van der Waals surface area contributed by atoms with Crippen molar-refractivity contribution in [3.63, 3.8) is 0 Å². The predicted octanol–water partition coefficient (Wildman–Crippen LogP) is 3.10. The molecule has 0 bridgehead atoms. The molecule has 0 saturated heterocycles. The molecule has 0 aliphatic heterocycles. The minimum absolute atomic E-state index is 0.0744. The summed E-state index contributed by atoms with van der Waals surface area (Å²) in [5.74, 6) is 0.643. The summed E-state index contributed by atoms with van der Waals surface area (Å²) in [5, 5.41) is 4.74. The van der Waals surface area contributed by atoms with Crippen LogP contribution < -0.4 is 0 Å². The highest BCUT2D eigenvalue weighted by molar-refractivity contribution is 8.00. The van der Waals surface area contributed by atoms with Gasteiger partial charge in [0, 0.05) is 17.0 Å². The number of nitrogens with zero attached hydrogens (tertiary/aromatic N) is 4. The van der Waals surface area contributed by atoms with Crippen molar-refractivity contribution in [2.45, 2.75) is 31.2 Å². The van der Waals surface area contributed by atoms with Gasteiger partial charge in [-0.2, -0.15) is 4.98 Å². The van der Waals surface area contributed by atoms with Gasteiger partial charge in [-0.05, 0) is 26.8 Å². The molecule has 1 atom stereocenters. The monoisotopic (exact) mass is 312 g/mol. The van der Waals surface area contributed by atoms with Crippen molar-refractivity contribution < 1.29 is 4.79 Å². The van der Waals surface area contributed by atoms with E-state index in [1.165, 1.54) is 11.8 Å². The Balaban J connectivity index is 1.84. The number of hydrogen-bond donors (Lipinski definition) is 0. The zero-order chi connectivity index (χ0) is 15.7. The fraction of sp³-hybridized carbons (Fsp3) is 0.250. The van der Waals surface area contributed by atoms with Crippen LogP contribution in [0.15, 0.2) is 41.6 Å².